The van der Waals surface area contributed by atoms with Crippen LogP contribution in [0.1, 0.15) is 0 Å². The van der Waals surface area contributed by atoms with E-state index in [1.807, 2.05) is 14.1 Å². The molecular weight excluding hydrogens is 116 g/mol. The summed E-state index contributed by atoms with van der Waals surface area (Å²) in [6, 6.07) is 0.273. The van der Waals surface area contributed by atoms with Gasteiger partial charge in [0.25, 0.3) is 0 Å². The van der Waals surface area contributed by atoms with Crippen molar-refractivity contribution >= 4 is 0 Å². The molecule has 0 aliphatic carbocycles. The Morgan fingerprint density at radius 2 is 2.22 bits per heavy atom. The predicted octanol–water partition coefficient (Wildman–Crippen LogP) is -1.12. The lowest BCUT2D eigenvalue weighted by atomic mass is 10.2. The van der Waals surface area contributed by atoms with Gasteiger partial charge in [0.05, 0.1) is 6.10 Å². The maximum atomic E-state index is 9.26. The first-order chi connectivity index (χ1) is 4.24. The highest BCUT2D eigenvalue weighted by molar-refractivity contribution is 4.85. The summed E-state index contributed by atoms with van der Waals surface area (Å²) < 4.78 is 0. The van der Waals surface area contributed by atoms with Gasteiger partial charge in [-0.2, -0.15) is 0 Å². The van der Waals surface area contributed by atoms with Crippen molar-refractivity contribution in [3.8, 4) is 0 Å². The summed E-state index contributed by atoms with van der Waals surface area (Å²) in [5.74, 6) is 0. The monoisotopic (exact) mass is 130 g/mol. The minimum absolute atomic E-state index is 0.181. The molecule has 0 aromatic rings. The number of nitrogens with zero attached hydrogens (tertiary/aromatic N) is 1. The standard InChI is InChI=1S/C6H14N2O/c1-7-5-3-8(2)4-6(5)9/h5-7,9H,3-4H2,1-2H3/t5-,6+/m1/s1. The van der Waals surface area contributed by atoms with Crippen LogP contribution < -0.4 is 5.32 Å². The maximum absolute atomic E-state index is 9.26. The Kier molecular flexibility index (Phi) is 2.05. The zero-order valence-electron chi connectivity index (χ0n) is 5.96. The molecule has 0 radical (unpaired) electrons. The minimum atomic E-state index is -0.181. The molecule has 1 heterocycles. The van der Waals surface area contributed by atoms with Gasteiger partial charge in [-0.1, -0.05) is 0 Å². The molecule has 3 nitrogen and oxygen atoms in total. The Labute approximate surface area is 55.7 Å². The normalized spacial score (nSPS) is 37.7. The van der Waals surface area contributed by atoms with E-state index in [0.29, 0.717) is 0 Å². The average molecular weight is 130 g/mol. The zero-order chi connectivity index (χ0) is 6.85. The second-order valence-electron chi connectivity index (χ2n) is 2.68. The fourth-order valence-electron chi connectivity index (χ4n) is 1.26. The molecule has 0 spiro atoms. The van der Waals surface area contributed by atoms with Crippen molar-refractivity contribution in [3.63, 3.8) is 0 Å². The third kappa shape index (κ3) is 1.41. The van der Waals surface area contributed by atoms with E-state index in [-0.39, 0.29) is 12.1 Å². The molecule has 9 heavy (non-hydrogen) atoms. The van der Waals surface area contributed by atoms with E-state index in [1.165, 1.54) is 0 Å². The highest BCUT2D eigenvalue weighted by Crippen LogP contribution is 2.05. The van der Waals surface area contributed by atoms with Crippen LogP contribution in [-0.2, 0) is 0 Å². The van der Waals surface area contributed by atoms with Gasteiger partial charge < -0.3 is 15.3 Å². The van der Waals surface area contributed by atoms with E-state index in [0.717, 1.165) is 13.1 Å². The van der Waals surface area contributed by atoms with Crippen LogP contribution in [0.5, 0.6) is 0 Å². The van der Waals surface area contributed by atoms with E-state index in [4.69, 9.17) is 0 Å². The first-order valence-electron chi connectivity index (χ1n) is 3.28. The summed E-state index contributed by atoms with van der Waals surface area (Å²) in [5, 5.41) is 12.3. The van der Waals surface area contributed by atoms with Gasteiger partial charge in [-0.15, -0.1) is 0 Å². The lowest BCUT2D eigenvalue weighted by Gasteiger charge is -2.10. The first-order valence-corrected chi connectivity index (χ1v) is 3.28. The highest BCUT2D eigenvalue weighted by Gasteiger charge is 2.26. The van der Waals surface area contributed by atoms with Crippen molar-refractivity contribution in [2.24, 2.45) is 0 Å². The van der Waals surface area contributed by atoms with Crippen LogP contribution in [0.4, 0.5) is 0 Å². The number of rotatable bonds is 1. The molecule has 0 aromatic heterocycles. The third-order valence-electron chi connectivity index (χ3n) is 1.84. The number of hydrogen-bond donors (Lipinski definition) is 2. The summed E-state index contributed by atoms with van der Waals surface area (Å²) >= 11 is 0. The van der Waals surface area contributed by atoms with Gasteiger partial charge in [0.1, 0.15) is 0 Å². The van der Waals surface area contributed by atoms with Crippen LogP contribution in [0.2, 0.25) is 0 Å². The number of nitrogens with one attached hydrogen (secondary N) is 1. The molecule has 0 saturated carbocycles. The number of aliphatic hydroxyl groups excluding tert-OH is 1. The van der Waals surface area contributed by atoms with Crippen LogP contribution in [0.15, 0.2) is 0 Å². The summed E-state index contributed by atoms with van der Waals surface area (Å²) in [6.45, 7) is 1.75. The van der Waals surface area contributed by atoms with Crippen LogP contribution in [0.25, 0.3) is 0 Å². The first kappa shape index (κ1) is 6.99. The van der Waals surface area contributed by atoms with Crippen molar-refractivity contribution in [2.45, 2.75) is 12.1 Å². The third-order valence-corrected chi connectivity index (χ3v) is 1.84. The number of likely N-dealkylation sites (tertiary alicyclic amines) is 1. The fraction of sp³-hybridized carbons (Fsp3) is 1.00. The Bertz CT molecular complexity index is 97.1. The molecule has 2 atom stereocenters. The van der Waals surface area contributed by atoms with Crippen molar-refractivity contribution in [1.82, 2.24) is 10.2 Å². The zero-order valence-corrected chi connectivity index (χ0v) is 5.96. The summed E-state index contributed by atoms with van der Waals surface area (Å²) in [6.07, 6.45) is -0.181. The summed E-state index contributed by atoms with van der Waals surface area (Å²) in [7, 11) is 3.90. The molecular formula is C6H14N2O. The van der Waals surface area contributed by atoms with Gasteiger partial charge in [-0.05, 0) is 14.1 Å². The number of aliphatic hydroxyl groups is 1. The number of likely N-dealkylation sites (N-methyl/N-ethyl adjacent to an activating group) is 2. The van der Waals surface area contributed by atoms with Crippen molar-refractivity contribution in [3.05, 3.63) is 0 Å². The van der Waals surface area contributed by atoms with Gasteiger partial charge in [0.15, 0.2) is 0 Å². The molecule has 1 fully saturated rings. The van der Waals surface area contributed by atoms with E-state index in [1.54, 1.807) is 0 Å². The van der Waals surface area contributed by atoms with Crippen LogP contribution in [-0.4, -0.2) is 49.3 Å². The van der Waals surface area contributed by atoms with Gasteiger partial charge in [0.2, 0.25) is 0 Å². The van der Waals surface area contributed by atoms with Crippen LogP contribution >= 0.6 is 0 Å². The summed E-state index contributed by atoms with van der Waals surface area (Å²) in [5.41, 5.74) is 0. The molecule has 1 saturated heterocycles. The second kappa shape index (κ2) is 2.64. The largest absolute Gasteiger partial charge is 0.390 e. The van der Waals surface area contributed by atoms with E-state index in [9.17, 15) is 5.11 Å². The molecule has 54 valence electrons. The Hall–Kier alpha value is -0.120. The molecule has 1 rings (SSSR count). The molecule has 2 N–H and O–H groups in total. The van der Waals surface area contributed by atoms with Crippen molar-refractivity contribution in [2.75, 3.05) is 27.2 Å². The molecule has 0 aromatic carbocycles. The second-order valence-corrected chi connectivity index (χ2v) is 2.68. The number of β-amino-alcohol motifs (C(OH)–C–C–N with tert-alkyl or cyclic N) is 1. The van der Waals surface area contributed by atoms with Crippen molar-refractivity contribution < 1.29 is 5.11 Å². The maximum Gasteiger partial charge on any atom is 0.0832 e. The van der Waals surface area contributed by atoms with E-state index < -0.39 is 0 Å². The smallest absolute Gasteiger partial charge is 0.0832 e. The van der Waals surface area contributed by atoms with Crippen LogP contribution in [0.3, 0.4) is 0 Å². The predicted molar refractivity (Wildman–Crippen MR) is 36.4 cm³/mol. The minimum Gasteiger partial charge on any atom is -0.390 e. The van der Waals surface area contributed by atoms with Crippen LogP contribution in [0, 0.1) is 0 Å². The highest BCUT2D eigenvalue weighted by atomic mass is 16.3. The quantitative estimate of drug-likeness (QED) is 0.472. The average Bonchev–Trinajstić information content (AvgIpc) is 2.10. The Morgan fingerprint density at radius 1 is 1.56 bits per heavy atom. The molecule has 1 aliphatic heterocycles. The topological polar surface area (TPSA) is 35.5 Å². The molecule has 0 bridgehead atoms. The Balaban J connectivity index is 2.38. The molecule has 0 amide bonds. The molecule has 1 aliphatic rings. The van der Waals surface area contributed by atoms with Gasteiger partial charge in [0, 0.05) is 19.1 Å². The molecule has 3 heteroatoms. The van der Waals surface area contributed by atoms with E-state index >= 15 is 0 Å². The number of hydrogen-bond acceptors (Lipinski definition) is 3. The van der Waals surface area contributed by atoms with Gasteiger partial charge in [-0.3, -0.25) is 0 Å². The molecule has 0 unspecified atom stereocenters. The van der Waals surface area contributed by atoms with Gasteiger partial charge in [-0.25, -0.2) is 0 Å². The van der Waals surface area contributed by atoms with E-state index in [2.05, 4.69) is 10.2 Å². The SMILES string of the molecule is CN[C@@H]1CN(C)C[C@@H]1O. The Morgan fingerprint density at radius 3 is 2.44 bits per heavy atom. The lowest BCUT2D eigenvalue weighted by molar-refractivity contribution is 0.160. The summed E-state index contributed by atoms with van der Waals surface area (Å²) in [4.78, 5) is 2.12. The van der Waals surface area contributed by atoms with Gasteiger partial charge >= 0.3 is 0 Å². The lowest BCUT2D eigenvalue weighted by Crippen LogP contribution is -2.36. The van der Waals surface area contributed by atoms with Crippen molar-refractivity contribution in [1.29, 1.82) is 0 Å². The fourth-order valence-corrected chi connectivity index (χ4v) is 1.26.